The average molecular weight is 305 g/mol. The predicted molar refractivity (Wildman–Crippen MR) is 82.8 cm³/mol. The van der Waals surface area contributed by atoms with E-state index in [0.29, 0.717) is 10.0 Å². The number of carbonyl (C=O) groups excluding carboxylic acids is 1. The SMILES string of the molecule is O=CC1CCC(c2ccc(Cl)c(Cl)c2)c2ccccc21. The third kappa shape index (κ3) is 2.36. The summed E-state index contributed by atoms with van der Waals surface area (Å²) in [6.45, 7) is 0. The second-order valence-electron chi connectivity index (χ2n) is 5.17. The van der Waals surface area contributed by atoms with Gasteiger partial charge in [-0.1, -0.05) is 53.5 Å². The minimum atomic E-state index is 0.0187. The molecule has 0 aromatic heterocycles. The van der Waals surface area contributed by atoms with Gasteiger partial charge in [0.1, 0.15) is 6.29 Å². The highest BCUT2D eigenvalue weighted by Gasteiger charge is 2.27. The van der Waals surface area contributed by atoms with Crippen molar-refractivity contribution in [1.82, 2.24) is 0 Å². The van der Waals surface area contributed by atoms with Gasteiger partial charge in [-0.3, -0.25) is 0 Å². The minimum absolute atomic E-state index is 0.0187. The third-order valence-electron chi connectivity index (χ3n) is 4.05. The molecule has 0 spiro atoms. The number of rotatable bonds is 2. The maximum Gasteiger partial charge on any atom is 0.127 e. The molecule has 2 atom stereocenters. The Labute approximate surface area is 128 Å². The van der Waals surface area contributed by atoms with Crippen LogP contribution in [0.5, 0.6) is 0 Å². The minimum Gasteiger partial charge on any atom is -0.303 e. The molecule has 2 aromatic carbocycles. The molecule has 0 fully saturated rings. The summed E-state index contributed by atoms with van der Waals surface area (Å²) >= 11 is 12.1. The second kappa shape index (κ2) is 5.59. The first-order valence-electron chi connectivity index (χ1n) is 6.69. The Bertz CT molecular complexity index is 651. The van der Waals surface area contributed by atoms with Crippen LogP contribution in [0, 0.1) is 0 Å². The van der Waals surface area contributed by atoms with Crippen molar-refractivity contribution < 1.29 is 4.79 Å². The summed E-state index contributed by atoms with van der Waals surface area (Å²) < 4.78 is 0. The van der Waals surface area contributed by atoms with Crippen LogP contribution in [-0.4, -0.2) is 6.29 Å². The van der Waals surface area contributed by atoms with E-state index in [1.807, 2.05) is 30.3 Å². The van der Waals surface area contributed by atoms with Crippen LogP contribution in [0.3, 0.4) is 0 Å². The smallest absolute Gasteiger partial charge is 0.127 e. The Hall–Kier alpha value is -1.31. The van der Waals surface area contributed by atoms with Crippen molar-refractivity contribution in [3.63, 3.8) is 0 Å². The van der Waals surface area contributed by atoms with Crippen LogP contribution in [0.4, 0.5) is 0 Å². The molecule has 3 rings (SSSR count). The van der Waals surface area contributed by atoms with Gasteiger partial charge in [0.2, 0.25) is 0 Å². The number of hydrogen-bond acceptors (Lipinski definition) is 1. The molecule has 0 radical (unpaired) electrons. The lowest BCUT2D eigenvalue weighted by Gasteiger charge is -2.29. The number of halogens is 2. The van der Waals surface area contributed by atoms with E-state index in [1.54, 1.807) is 0 Å². The lowest BCUT2D eigenvalue weighted by molar-refractivity contribution is -0.109. The van der Waals surface area contributed by atoms with Gasteiger partial charge in [-0.15, -0.1) is 0 Å². The molecule has 2 unspecified atom stereocenters. The number of aldehydes is 1. The highest BCUT2D eigenvalue weighted by atomic mass is 35.5. The van der Waals surface area contributed by atoms with E-state index in [-0.39, 0.29) is 11.8 Å². The van der Waals surface area contributed by atoms with E-state index in [4.69, 9.17) is 23.2 Å². The molecular weight excluding hydrogens is 291 g/mol. The number of hydrogen-bond donors (Lipinski definition) is 0. The molecule has 1 aliphatic rings. The molecule has 0 N–H and O–H groups in total. The summed E-state index contributed by atoms with van der Waals surface area (Å²) in [6, 6.07) is 14.0. The zero-order valence-corrected chi connectivity index (χ0v) is 12.4. The van der Waals surface area contributed by atoms with Gasteiger partial charge in [-0.25, -0.2) is 0 Å². The molecule has 0 heterocycles. The molecule has 0 aliphatic heterocycles. The molecule has 20 heavy (non-hydrogen) atoms. The first kappa shape index (κ1) is 13.7. The van der Waals surface area contributed by atoms with Gasteiger partial charge in [0, 0.05) is 11.8 Å². The Morgan fingerprint density at radius 2 is 1.70 bits per heavy atom. The molecule has 2 aromatic rings. The quantitative estimate of drug-likeness (QED) is 0.697. The van der Waals surface area contributed by atoms with Gasteiger partial charge < -0.3 is 4.79 Å². The molecule has 102 valence electrons. The molecule has 0 saturated heterocycles. The first-order chi connectivity index (χ1) is 9.70. The average Bonchev–Trinajstić information content (AvgIpc) is 2.49. The summed E-state index contributed by atoms with van der Waals surface area (Å²) in [7, 11) is 0. The lowest BCUT2D eigenvalue weighted by Crippen LogP contribution is -2.16. The van der Waals surface area contributed by atoms with E-state index in [1.165, 1.54) is 5.56 Å². The van der Waals surface area contributed by atoms with Crippen LogP contribution in [0.15, 0.2) is 42.5 Å². The molecule has 3 heteroatoms. The summed E-state index contributed by atoms with van der Waals surface area (Å²) in [4.78, 5) is 11.2. The highest BCUT2D eigenvalue weighted by molar-refractivity contribution is 6.42. The van der Waals surface area contributed by atoms with Crippen molar-refractivity contribution in [2.75, 3.05) is 0 Å². The van der Waals surface area contributed by atoms with Crippen LogP contribution in [0.25, 0.3) is 0 Å². The number of benzene rings is 2. The molecule has 0 amide bonds. The van der Waals surface area contributed by atoms with Crippen LogP contribution < -0.4 is 0 Å². The zero-order chi connectivity index (χ0) is 14.1. The van der Waals surface area contributed by atoms with Gasteiger partial charge in [0.15, 0.2) is 0 Å². The van der Waals surface area contributed by atoms with Crippen molar-refractivity contribution in [2.45, 2.75) is 24.7 Å². The van der Waals surface area contributed by atoms with Gasteiger partial charge >= 0.3 is 0 Å². The topological polar surface area (TPSA) is 17.1 Å². The molecule has 1 nitrogen and oxygen atoms in total. The third-order valence-corrected chi connectivity index (χ3v) is 4.79. The summed E-state index contributed by atoms with van der Waals surface area (Å²) in [5.74, 6) is 0.308. The van der Waals surface area contributed by atoms with E-state index in [0.717, 1.165) is 30.3 Å². The van der Waals surface area contributed by atoms with Crippen molar-refractivity contribution in [3.8, 4) is 0 Å². The zero-order valence-electron chi connectivity index (χ0n) is 10.9. The monoisotopic (exact) mass is 304 g/mol. The van der Waals surface area contributed by atoms with Crippen molar-refractivity contribution in [3.05, 3.63) is 69.2 Å². The normalized spacial score (nSPS) is 21.3. The highest BCUT2D eigenvalue weighted by Crippen LogP contribution is 2.42. The maximum absolute atomic E-state index is 11.2. The first-order valence-corrected chi connectivity index (χ1v) is 7.45. The van der Waals surface area contributed by atoms with Crippen molar-refractivity contribution >= 4 is 29.5 Å². The van der Waals surface area contributed by atoms with Gasteiger partial charge in [-0.2, -0.15) is 0 Å². The van der Waals surface area contributed by atoms with Gasteiger partial charge in [0.05, 0.1) is 10.0 Å². The lowest BCUT2D eigenvalue weighted by atomic mass is 9.74. The number of carbonyl (C=O) groups is 1. The molecular formula is C17H14Cl2O. The van der Waals surface area contributed by atoms with E-state index >= 15 is 0 Å². The van der Waals surface area contributed by atoms with E-state index in [9.17, 15) is 4.79 Å². The second-order valence-corrected chi connectivity index (χ2v) is 5.99. The van der Waals surface area contributed by atoms with E-state index in [2.05, 4.69) is 12.1 Å². The molecule has 1 aliphatic carbocycles. The van der Waals surface area contributed by atoms with Gasteiger partial charge in [-0.05, 0) is 41.7 Å². The summed E-state index contributed by atoms with van der Waals surface area (Å²) in [5, 5.41) is 1.16. The van der Waals surface area contributed by atoms with Crippen LogP contribution in [0.1, 0.15) is 41.4 Å². The standard InChI is InChI=1S/C17H14Cl2O/c18-16-8-6-11(9-17(16)19)14-7-5-12(10-20)13-3-1-2-4-15(13)14/h1-4,6,8-10,12,14H,5,7H2. The van der Waals surface area contributed by atoms with Crippen LogP contribution >= 0.6 is 23.2 Å². The Morgan fingerprint density at radius 3 is 2.40 bits per heavy atom. The predicted octanol–water partition coefficient (Wildman–Crippen LogP) is 5.20. The number of fused-ring (bicyclic) bond motifs is 1. The Kier molecular flexibility index (Phi) is 3.82. The molecule has 0 saturated carbocycles. The van der Waals surface area contributed by atoms with Gasteiger partial charge in [0.25, 0.3) is 0 Å². The van der Waals surface area contributed by atoms with Crippen molar-refractivity contribution in [1.29, 1.82) is 0 Å². The molecule has 0 bridgehead atoms. The van der Waals surface area contributed by atoms with E-state index < -0.39 is 0 Å². The van der Waals surface area contributed by atoms with Crippen LogP contribution in [0.2, 0.25) is 10.0 Å². The fourth-order valence-corrected chi connectivity index (χ4v) is 3.35. The van der Waals surface area contributed by atoms with Crippen LogP contribution in [-0.2, 0) is 4.79 Å². The van der Waals surface area contributed by atoms with Crippen molar-refractivity contribution in [2.24, 2.45) is 0 Å². The summed E-state index contributed by atoms with van der Waals surface area (Å²) in [6.07, 6.45) is 2.90. The Balaban J connectivity index is 2.07. The fourth-order valence-electron chi connectivity index (χ4n) is 3.04. The fraction of sp³-hybridized carbons (Fsp3) is 0.235. The summed E-state index contributed by atoms with van der Waals surface area (Å²) in [5.41, 5.74) is 3.54. The largest absolute Gasteiger partial charge is 0.303 e. The maximum atomic E-state index is 11.2. The Morgan fingerprint density at radius 1 is 0.950 bits per heavy atom.